The molecule has 0 amide bonds. The van der Waals surface area contributed by atoms with Crippen molar-refractivity contribution in [3.63, 3.8) is 0 Å². The van der Waals surface area contributed by atoms with Crippen molar-refractivity contribution in [1.82, 2.24) is 4.98 Å². The largest absolute Gasteiger partial charge is 0.277 e. The van der Waals surface area contributed by atoms with Crippen LogP contribution in [0.3, 0.4) is 0 Å². The molecule has 1 heterocycles. The van der Waals surface area contributed by atoms with Crippen molar-refractivity contribution in [1.29, 1.82) is 0 Å². The lowest BCUT2D eigenvalue weighted by molar-refractivity contribution is 1.31. The number of hydrogen-bond donors (Lipinski definition) is 1. The van der Waals surface area contributed by atoms with Crippen molar-refractivity contribution in [2.24, 2.45) is 5.10 Å². The van der Waals surface area contributed by atoms with Gasteiger partial charge in [-0.2, -0.15) is 5.10 Å². The molecule has 0 unspecified atom stereocenters. The Labute approximate surface area is 138 Å². The SMILES string of the molecule is C/C(=N\Nc1ccnc2cc(Cl)ccc12)c1ccccc1Cl. The van der Waals surface area contributed by atoms with E-state index in [9.17, 15) is 0 Å². The minimum atomic E-state index is 0.660. The Bertz CT molecular complexity index is 859. The summed E-state index contributed by atoms with van der Waals surface area (Å²) in [5, 5.41) is 6.72. The number of rotatable bonds is 3. The molecule has 0 radical (unpaired) electrons. The van der Waals surface area contributed by atoms with Gasteiger partial charge in [-0.25, -0.2) is 0 Å². The maximum Gasteiger partial charge on any atom is 0.0738 e. The third-order valence-electron chi connectivity index (χ3n) is 3.31. The highest BCUT2D eigenvalue weighted by Gasteiger charge is 2.04. The molecule has 0 saturated heterocycles. The van der Waals surface area contributed by atoms with Crippen molar-refractivity contribution in [3.8, 4) is 0 Å². The van der Waals surface area contributed by atoms with Crippen molar-refractivity contribution in [2.75, 3.05) is 5.43 Å². The van der Waals surface area contributed by atoms with Crippen LogP contribution in [0.2, 0.25) is 10.0 Å². The van der Waals surface area contributed by atoms with Gasteiger partial charge < -0.3 is 0 Å². The van der Waals surface area contributed by atoms with Crippen LogP contribution in [0.1, 0.15) is 12.5 Å². The maximum atomic E-state index is 6.18. The highest BCUT2D eigenvalue weighted by Crippen LogP contribution is 2.24. The fourth-order valence-electron chi connectivity index (χ4n) is 2.18. The first kappa shape index (κ1) is 14.8. The van der Waals surface area contributed by atoms with Crippen LogP contribution in [-0.2, 0) is 0 Å². The number of aromatic nitrogens is 1. The maximum absolute atomic E-state index is 6.18. The Morgan fingerprint density at radius 3 is 2.73 bits per heavy atom. The van der Waals surface area contributed by atoms with Gasteiger partial charge in [0.2, 0.25) is 0 Å². The lowest BCUT2D eigenvalue weighted by Crippen LogP contribution is -2.01. The van der Waals surface area contributed by atoms with Crippen LogP contribution in [0.25, 0.3) is 10.9 Å². The molecule has 110 valence electrons. The summed E-state index contributed by atoms with van der Waals surface area (Å²) in [6.45, 7) is 1.91. The monoisotopic (exact) mass is 329 g/mol. The van der Waals surface area contributed by atoms with Crippen LogP contribution in [-0.4, -0.2) is 10.7 Å². The second-order valence-electron chi connectivity index (χ2n) is 4.81. The van der Waals surface area contributed by atoms with Gasteiger partial charge in [0.25, 0.3) is 0 Å². The lowest BCUT2D eigenvalue weighted by atomic mass is 10.1. The van der Waals surface area contributed by atoms with Crippen molar-refractivity contribution in [3.05, 3.63) is 70.3 Å². The number of benzene rings is 2. The van der Waals surface area contributed by atoms with Crippen LogP contribution in [0.15, 0.2) is 59.8 Å². The summed E-state index contributed by atoms with van der Waals surface area (Å²) in [7, 11) is 0. The lowest BCUT2D eigenvalue weighted by Gasteiger charge is -2.08. The number of anilines is 1. The molecule has 3 rings (SSSR count). The average molecular weight is 330 g/mol. The third kappa shape index (κ3) is 3.06. The van der Waals surface area contributed by atoms with Crippen LogP contribution in [0, 0.1) is 0 Å². The highest BCUT2D eigenvalue weighted by molar-refractivity contribution is 6.34. The minimum Gasteiger partial charge on any atom is -0.277 e. The van der Waals surface area contributed by atoms with Crippen molar-refractivity contribution >= 4 is 45.5 Å². The topological polar surface area (TPSA) is 37.3 Å². The van der Waals surface area contributed by atoms with Gasteiger partial charge in [0.15, 0.2) is 0 Å². The standard InChI is InChI=1S/C17H13Cl2N3/c1-11(13-4-2-3-5-15(13)19)21-22-16-8-9-20-17-10-12(18)6-7-14(16)17/h2-10H,1H3,(H,20,22)/b21-11+. The molecular weight excluding hydrogens is 317 g/mol. The first-order valence-electron chi connectivity index (χ1n) is 6.74. The molecular formula is C17H13Cl2N3. The number of pyridine rings is 1. The summed E-state index contributed by atoms with van der Waals surface area (Å²) in [5.74, 6) is 0. The van der Waals surface area contributed by atoms with Crippen LogP contribution < -0.4 is 5.43 Å². The highest BCUT2D eigenvalue weighted by atomic mass is 35.5. The summed E-state index contributed by atoms with van der Waals surface area (Å²) >= 11 is 12.2. The van der Waals surface area contributed by atoms with E-state index >= 15 is 0 Å². The van der Waals surface area contributed by atoms with E-state index in [1.807, 2.05) is 55.5 Å². The van der Waals surface area contributed by atoms with Gasteiger partial charge >= 0.3 is 0 Å². The van der Waals surface area contributed by atoms with E-state index in [-0.39, 0.29) is 0 Å². The molecule has 3 nitrogen and oxygen atoms in total. The fraction of sp³-hybridized carbons (Fsp3) is 0.0588. The Morgan fingerprint density at radius 1 is 1.09 bits per heavy atom. The van der Waals surface area contributed by atoms with Gasteiger partial charge in [-0.05, 0) is 37.3 Å². The Balaban J connectivity index is 1.94. The van der Waals surface area contributed by atoms with E-state index in [1.54, 1.807) is 6.20 Å². The summed E-state index contributed by atoms with van der Waals surface area (Å²) in [4.78, 5) is 4.31. The molecule has 0 saturated carbocycles. The molecule has 0 aliphatic rings. The van der Waals surface area contributed by atoms with Gasteiger partial charge in [-0.15, -0.1) is 0 Å². The molecule has 5 heteroatoms. The molecule has 22 heavy (non-hydrogen) atoms. The van der Waals surface area contributed by atoms with Crippen molar-refractivity contribution < 1.29 is 0 Å². The fourth-order valence-corrected chi connectivity index (χ4v) is 2.62. The zero-order valence-corrected chi connectivity index (χ0v) is 13.4. The predicted molar refractivity (Wildman–Crippen MR) is 94.0 cm³/mol. The molecule has 1 N–H and O–H groups in total. The number of hydrogen-bond acceptors (Lipinski definition) is 3. The Morgan fingerprint density at radius 2 is 1.91 bits per heavy atom. The summed E-state index contributed by atoms with van der Waals surface area (Å²) in [6.07, 6.45) is 1.72. The zero-order chi connectivity index (χ0) is 15.5. The summed E-state index contributed by atoms with van der Waals surface area (Å²) in [6, 6.07) is 15.1. The minimum absolute atomic E-state index is 0.660. The third-order valence-corrected chi connectivity index (χ3v) is 3.88. The zero-order valence-electron chi connectivity index (χ0n) is 11.8. The van der Waals surface area contributed by atoms with E-state index in [0.29, 0.717) is 10.0 Å². The van der Waals surface area contributed by atoms with E-state index in [4.69, 9.17) is 23.2 Å². The molecule has 1 aromatic heterocycles. The normalized spacial score (nSPS) is 11.7. The van der Waals surface area contributed by atoms with Crippen LogP contribution in [0.4, 0.5) is 5.69 Å². The molecule has 0 bridgehead atoms. The smallest absolute Gasteiger partial charge is 0.0738 e. The predicted octanol–water partition coefficient (Wildman–Crippen LogP) is 5.38. The first-order chi connectivity index (χ1) is 10.6. The van der Waals surface area contributed by atoms with E-state index in [0.717, 1.165) is 27.9 Å². The Kier molecular flexibility index (Phi) is 4.27. The number of hydrazone groups is 1. The second-order valence-corrected chi connectivity index (χ2v) is 5.65. The molecule has 0 atom stereocenters. The molecule has 0 aliphatic carbocycles. The summed E-state index contributed by atoms with van der Waals surface area (Å²) < 4.78 is 0. The van der Waals surface area contributed by atoms with Gasteiger partial charge in [0.05, 0.1) is 16.9 Å². The molecule has 0 spiro atoms. The van der Waals surface area contributed by atoms with Crippen LogP contribution >= 0.6 is 23.2 Å². The molecule has 3 aromatic rings. The second kappa shape index (κ2) is 6.34. The average Bonchev–Trinajstić information content (AvgIpc) is 2.52. The quantitative estimate of drug-likeness (QED) is 0.517. The van der Waals surface area contributed by atoms with Crippen LogP contribution in [0.5, 0.6) is 0 Å². The number of nitrogens with zero attached hydrogens (tertiary/aromatic N) is 2. The summed E-state index contributed by atoms with van der Waals surface area (Å²) in [5.41, 5.74) is 6.48. The molecule has 0 aliphatic heterocycles. The van der Waals surface area contributed by atoms with E-state index in [1.165, 1.54) is 0 Å². The number of nitrogens with one attached hydrogen (secondary N) is 1. The number of halogens is 2. The molecule has 2 aromatic carbocycles. The van der Waals surface area contributed by atoms with E-state index < -0.39 is 0 Å². The van der Waals surface area contributed by atoms with Gasteiger partial charge in [0, 0.05) is 27.2 Å². The van der Waals surface area contributed by atoms with Crippen molar-refractivity contribution in [2.45, 2.75) is 6.92 Å². The first-order valence-corrected chi connectivity index (χ1v) is 7.50. The Hall–Kier alpha value is -2.10. The van der Waals surface area contributed by atoms with Gasteiger partial charge in [-0.3, -0.25) is 10.4 Å². The van der Waals surface area contributed by atoms with E-state index in [2.05, 4.69) is 15.5 Å². The van der Waals surface area contributed by atoms with Gasteiger partial charge in [0.1, 0.15) is 0 Å². The molecule has 0 fully saturated rings. The number of fused-ring (bicyclic) bond motifs is 1. The van der Waals surface area contributed by atoms with Gasteiger partial charge in [-0.1, -0.05) is 41.4 Å².